The second-order valence-corrected chi connectivity index (χ2v) is 6.87. The molecule has 0 amide bonds. The Balaban J connectivity index is 0.000000198. The highest BCUT2D eigenvalue weighted by Crippen LogP contribution is 2.28. The Hall–Kier alpha value is -2.08. The van der Waals surface area contributed by atoms with E-state index in [9.17, 15) is 0 Å². The third-order valence-corrected chi connectivity index (χ3v) is 4.83. The van der Waals surface area contributed by atoms with Gasteiger partial charge in [-0.2, -0.15) is 0 Å². The first-order chi connectivity index (χ1) is 11.6. The third-order valence-electron chi connectivity index (χ3n) is 4.83. The van der Waals surface area contributed by atoms with Crippen molar-refractivity contribution in [2.45, 2.75) is 46.0 Å². The van der Waals surface area contributed by atoms with E-state index in [1.807, 2.05) is 6.08 Å². The van der Waals surface area contributed by atoms with Crippen LogP contribution in [0.1, 0.15) is 50.2 Å². The van der Waals surface area contributed by atoms with E-state index < -0.39 is 0 Å². The van der Waals surface area contributed by atoms with Gasteiger partial charge in [0.15, 0.2) is 0 Å². The molecule has 1 saturated carbocycles. The second-order valence-electron chi connectivity index (χ2n) is 6.87. The number of rotatable bonds is 3. The normalized spacial score (nSPS) is 14.4. The molecule has 0 aromatic heterocycles. The van der Waals surface area contributed by atoms with Crippen LogP contribution < -0.4 is 0 Å². The molecule has 0 atom stereocenters. The molecule has 1 fully saturated rings. The van der Waals surface area contributed by atoms with Crippen LogP contribution in [0.4, 0.5) is 0 Å². The largest absolute Gasteiger partial charge is 0.0999 e. The molecule has 0 unspecified atom stereocenters. The predicted molar refractivity (Wildman–Crippen MR) is 108 cm³/mol. The zero-order valence-corrected chi connectivity index (χ0v) is 15.2. The summed E-state index contributed by atoms with van der Waals surface area (Å²) in [5, 5.41) is 0. The molecule has 24 heavy (non-hydrogen) atoms. The van der Waals surface area contributed by atoms with Crippen LogP contribution in [0.15, 0.2) is 67.3 Å². The van der Waals surface area contributed by atoms with Crippen molar-refractivity contribution in [2.24, 2.45) is 5.92 Å². The monoisotopic (exact) mass is 318 g/mol. The lowest BCUT2D eigenvalue weighted by Crippen LogP contribution is -2.05. The SMILES string of the molecule is C=C(C)C1CCCCC1.C=Cc1ccc(-c2ccc(C)cc2)cc1. The fraction of sp³-hybridized carbons (Fsp3) is 0.333. The van der Waals surface area contributed by atoms with Crippen LogP contribution in [0.2, 0.25) is 0 Å². The van der Waals surface area contributed by atoms with Crippen molar-refractivity contribution in [1.82, 2.24) is 0 Å². The lowest BCUT2D eigenvalue weighted by molar-refractivity contribution is 0.404. The minimum atomic E-state index is 0.860. The van der Waals surface area contributed by atoms with E-state index in [0.29, 0.717) is 0 Å². The molecule has 0 nitrogen and oxygen atoms in total. The molecule has 0 N–H and O–H groups in total. The summed E-state index contributed by atoms with van der Waals surface area (Å²) in [6.45, 7) is 12.0. The summed E-state index contributed by atoms with van der Waals surface area (Å²) in [7, 11) is 0. The maximum absolute atomic E-state index is 3.98. The molecule has 0 spiro atoms. The van der Waals surface area contributed by atoms with Gasteiger partial charge in [-0.3, -0.25) is 0 Å². The van der Waals surface area contributed by atoms with E-state index in [4.69, 9.17) is 0 Å². The van der Waals surface area contributed by atoms with Gasteiger partial charge in [-0.05, 0) is 49.3 Å². The minimum Gasteiger partial charge on any atom is -0.0999 e. The highest BCUT2D eigenvalue weighted by Gasteiger charge is 2.12. The van der Waals surface area contributed by atoms with Gasteiger partial charge in [0.2, 0.25) is 0 Å². The van der Waals surface area contributed by atoms with Crippen LogP contribution in [0, 0.1) is 12.8 Å². The van der Waals surface area contributed by atoms with Gasteiger partial charge >= 0.3 is 0 Å². The van der Waals surface area contributed by atoms with Gasteiger partial charge in [0, 0.05) is 0 Å². The van der Waals surface area contributed by atoms with Gasteiger partial charge in [0.05, 0.1) is 0 Å². The van der Waals surface area contributed by atoms with Gasteiger partial charge in [-0.1, -0.05) is 98.2 Å². The summed E-state index contributed by atoms with van der Waals surface area (Å²) in [4.78, 5) is 0. The summed E-state index contributed by atoms with van der Waals surface area (Å²) >= 11 is 0. The molecule has 0 heterocycles. The Morgan fingerprint density at radius 3 is 1.79 bits per heavy atom. The van der Waals surface area contributed by atoms with Gasteiger partial charge in [0.1, 0.15) is 0 Å². The molecule has 2 aromatic carbocycles. The summed E-state index contributed by atoms with van der Waals surface area (Å²) in [6, 6.07) is 17.0. The zero-order valence-electron chi connectivity index (χ0n) is 15.2. The van der Waals surface area contributed by atoms with Crippen LogP contribution in [0.25, 0.3) is 17.2 Å². The fourth-order valence-electron chi connectivity index (χ4n) is 3.15. The summed E-state index contributed by atoms with van der Waals surface area (Å²) in [6.07, 6.45) is 8.96. The molecule has 0 bridgehead atoms. The minimum absolute atomic E-state index is 0.860. The van der Waals surface area contributed by atoms with Crippen molar-refractivity contribution >= 4 is 6.08 Å². The maximum atomic E-state index is 3.98. The first-order valence-electron chi connectivity index (χ1n) is 9.05. The number of allylic oxidation sites excluding steroid dienone is 1. The van der Waals surface area contributed by atoms with E-state index in [0.717, 1.165) is 11.5 Å². The third kappa shape index (κ3) is 5.53. The van der Waals surface area contributed by atoms with Gasteiger partial charge < -0.3 is 0 Å². The molecule has 1 aliphatic rings. The number of benzene rings is 2. The molecule has 1 aliphatic carbocycles. The average Bonchev–Trinajstić information content (AvgIpc) is 2.64. The fourth-order valence-corrected chi connectivity index (χ4v) is 3.15. The lowest BCUT2D eigenvalue weighted by atomic mass is 9.85. The van der Waals surface area contributed by atoms with Crippen LogP contribution in [0.5, 0.6) is 0 Å². The van der Waals surface area contributed by atoms with Crippen molar-refractivity contribution < 1.29 is 0 Å². The van der Waals surface area contributed by atoms with Crippen LogP contribution in [-0.2, 0) is 0 Å². The Kier molecular flexibility index (Phi) is 7.06. The number of hydrogen-bond donors (Lipinski definition) is 0. The van der Waals surface area contributed by atoms with Crippen molar-refractivity contribution in [3.05, 3.63) is 78.4 Å². The zero-order chi connectivity index (χ0) is 17.4. The van der Waals surface area contributed by atoms with E-state index in [1.54, 1.807) is 0 Å². The molecular formula is C24H30. The average molecular weight is 319 g/mol. The predicted octanol–water partition coefficient (Wildman–Crippen LogP) is 7.45. The van der Waals surface area contributed by atoms with Crippen LogP contribution in [-0.4, -0.2) is 0 Å². The van der Waals surface area contributed by atoms with Crippen molar-refractivity contribution in [3.8, 4) is 11.1 Å². The molecule has 0 heteroatoms. The molecule has 126 valence electrons. The molecule has 0 radical (unpaired) electrons. The van der Waals surface area contributed by atoms with Crippen molar-refractivity contribution in [2.75, 3.05) is 0 Å². The standard InChI is InChI=1S/C15H14.C9H16/c1-3-13-6-10-15(11-7-13)14-8-4-12(2)5-9-14;1-8(2)9-6-4-3-5-7-9/h3-11H,1H2,2H3;9H,1,3-7H2,2H3. The van der Waals surface area contributed by atoms with E-state index in [-0.39, 0.29) is 0 Å². The van der Waals surface area contributed by atoms with Crippen molar-refractivity contribution in [1.29, 1.82) is 0 Å². The van der Waals surface area contributed by atoms with E-state index in [1.165, 1.54) is 54.4 Å². The Bertz CT molecular complexity index is 637. The summed E-state index contributed by atoms with van der Waals surface area (Å²) in [5.74, 6) is 0.860. The van der Waals surface area contributed by atoms with Crippen molar-refractivity contribution in [3.63, 3.8) is 0 Å². The first-order valence-corrected chi connectivity index (χ1v) is 9.05. The van der Waals surface area contributed by atoms with Crippen LogP contribution in [0.3, 0.4) is 0 Å². The number of hydrogen-bond acceptors (Lipinski definition) is 0. The number of aryl methyl sites for hydroxylation is 1. The first kappa shape index (κ1) is 18.3. The van der Waals surface area contributed by atoms with E-state index in [2.05, 4.69) is 75.5 Å². The molecule has 3 rings (SSSR count). The highest BCUT2D eigenvalue weighted by atomic mass is 14.2. The van der Waals surface area contributed by atoms with E-state index >= 15 is 0 Å². The summed E-state index contributed by atoms with van der Waals surface area (Å²) in [5.41, 5.74) is 6.36. The molecule has 2 aromatic rings. The smallest absolute Gasteiger partial charge is 0.0184 e. The Morgan fingerprint density at radius 2 is 1.38 bits per heavy atom. The molecular weight excluding hydrogens is 288 g/mol. The van der Waals surface area contributed by atoms with Gasteiger partial charge in [-0.25, -0.2) is 0 Å². The second kappa shape index (κ2) is 9.27. The van der Waals surface area contributed by atoms with Gasteiger partial charge in [-0.15, -0.1) is 0 Å². The Morgan fingerprint density at radius 1 is 0.875 bits per heavy atom. The Labute approximate surface area is 147 Å². The molecule has 0 saturated heterocycles. The maximum Gasteiger partial charge on any atom is -0.0184 e. The lowest BCUT2D eigenvalue weighted by Gasteiger charge is -2.21. The summed E-state index contributed by atoms with van der Waals surface area (Å²) < 4.78 is 0. The van der Waals surface area contributed by atoms with Gasteiger partial charge in [0.25, 0.3) is 0 Å². The topological polar surface area (TPSA) is 0 Å². The molecule has 0 aliphatic heterocycles. The highest BCUT2D eigenvalue weighted by molar-refractivity contribution is 5.65. The van der Waals surface area contributed by atoms with Crippen LogP contribution >= 0.6 is 0 Å². The quantitative estimate of drug-likeness (QED) is 0.515.